The van der Waals surface area contributed by atoms with E-state index in [9.17, 15) is 0 Å². The van der Waals surface area contributed by atoms with E-state index < -0.39 is 0 Å². The molecule has 3 heterocycles. The molecule has 0 atom stereocenters. The first kappa shape index (κ1) is 30.9. The first-order chi connectivity index (χ1) is 27.8. The van der Waals surface area contributed by atoms with Crippen LogP contribution in [0.25, 0.3) is 121 Å². The zero-order chi connectivity index (χ0) is 36.7. The van der Waals surface area contributed by atoms with Gasteiger partial charge in [-0.25, -0.2) is 4.98 Å². The second kappa shape index (κ2) is 12.0. The van der Waals surface area contributed by atoms with Crippen molar-refractivity contribution in [1.29, 1.82) is 0 Å². The van der Waals surface area contributed by atoms with Gasteiger partial charge in [0.15, 0.2) is 0 Å². The van der Waals surface area contributed by atoms with E-state index in [1.54, 1.807) is 0 Å². The normalized spacial score (nSPS) is 11.9. The highest BCUT2D eigenvalue weighted by Gasteiger charge is 2.24. The van der Waals surface area contributed by atoms with Crippen molar-refractivity contribution in [3.63, 3.8) is 0 Å². The topological polar surface area (TPSA) is 52.1 Å². The molecule has 4 nitrogen and oxygen atoms in total. The lowest BCUT2D eigenvalue weighted by Gasteiger charge is -2.11. The first-order valence-corrected chi connectivity index (χ1v) is 18.9. The largest absolute Gasteiger partial charge is 0.455 e. The summed E-state index contributed by atoms with van der Waals surface area (Å²) in [6, 6.07) is 61.5. The van der Waals surface area contributed by atoms with Gasteiger partial charge >= 0.3 is 0 Å². The average molecular weight is 715 g/mol. The highest BCUT2D eigenvalue weighted by atomic mass is 16.3. The number of fused-ring (bicyclic) bond motifs is 12. The molecule has 0 fully saturated rings. The van der Waals surface area contributed by atoms with Crippen LogP contribution in [0.1, 0.15) is 0 Å². The number of para-hydroxylation sites is 2. The summed E-state index contributed by atoms with van der Waals surface area (Å²) in [6.45, 7) is 0. The molecule has 0 aliphatic heterocycles. The minimum absolute atomic E-state index is 0.787. The second-order valence-corrected chi connectivity index (χ2v) is 14.4. The van der Waals surface area contributed by atoms with Crippen molar-refractivity contribution in [2.45, 2.75) is 0 Å². The monoisotopic (exact) mass is 714 g/mol. The predicted octanol–water partition coefficient (Wildman–Crippen LogP) is 14.4. The van der Waals surface area contributed by atoms with Gasteiger partial charge in [-0.05, 0) is 39.6 Å². The summed E-state index contributed by atoms with van der Waals surface area (Å²) in [5, 5.41) is 8.75. The maximum Gasteiger partial charge on any atom is 0.147 e. The van der Waals surface area contributed by atoms with Gasteiger partial charge in [0.1, 0.15) is 22.3 Å². The smallest absolute Gasteiger partial charge is 0.147 e. The van der Waals surface area contributed by atoms with Crippen molar-refractivity contribution in [2.75, 3.05) is 0 Å². The molecule has 0 aliphatic rings. The molecule has 9 aromatic carbocycles. The fraction of sp³-hybridized carbons (Fsp3) is 0. The summed E-state index contributed by atoms with van der Waals surface area (Å²) in [7, 11) is 0. The quantitative estimate of drug-likeness (QED) is 0.170. The average Bonchev–Trinajstić information content (AvgIpc) is 3.84. The zero-order valence-electron chi connectivity index (χ0n) is 30.0. The summed E-state index contributed by atoms with van der Waals surface area (Å²) in [5.41, 5.74) is 13.1. The predicted molar refractivity (Wildman–Crippen MR) is 231 cm³/mol. The maximum atomic E-state index is 7.05. The molecule has 12 rings (SSSR count). The van der Waals surface area contributed by atoms with Crippen LogP contribution in [0.2, 0.25) is 0 Å². The van der Waals surface area contributed by atoms with Gasteiger partial charge in [0.2, 0.25) is 0 Å². The first-order valence-electron chi connectivity index (χ1n) is 18.9. The van der Waals surface area contributed by atoms with Crippen LogP contribution in [-0.4, -0.2) is 9.97 Å². The fourth-order valence-electron chi connectivity index (χ4n) is 8.73. The molecule has 0 unspecified atom stereocenters. The van der Waals surface area contributed by atoms with Gasteiger partial charge in [-0.3, -0.25) is 4.98 Å². The summed E-state index contributed by atoms with van der Waals surface area (Å²) >= 11 is 0. The van der Waals surface area contributed by atoms with Crippen LogP contribution >= 0.6 is 0 Å². The third-order valence-electron chi connectivity index (χ3n) is 11.3. The van der Waals surface area contributed by atoms with E-state index in [0.717, 1.165) is 110 Å². The van der Waals surface area contributed by atoms with Crippen molar-refractivity contribution in [1.82, 2.24) is 9.97 Å². The van der Waals surface area contributed by atoms with Gasteiger partial charge in [-0.2, -0.15) is 0 Å². The molecule has 0 radical (unpaired) electrons. The van der Waals surface area contributed by atoms with E-state index >= 15 is 0 Å². The molecule has 0 bridgehead atoms. The van der Waals surface area contributed by atoms with Gasteiger partial charge in [-0.15, -0.1) is 0 Å². The Bertz CT molecular complexity index is 3360. The standard InChI is InChI=1S/C52H30N2O2/c1-3-14-31(15-4-1)35-24-12-26-41-43-29-44-42-27-13-25-36(32-16-5-2-6-17-32)50(42)56-52(44)46(51(43)55-49(35)41)34-19-11-18-33(28-34)45-30-53-47-39-22-9-7-20-37(39)38-21-8-10-23-40(38)48(47)54-45/h1-30H. The Morgan fingerprint density at radius 2 is 0.786 bits per heavy atom. The van der Waals surface area contributed by atoms with Crippen LogP contribution in [0.5, 0.6) is 0 Å². The van der Waals surface area contributed by atoms with E-state index in [-0.39, 0.29) is 0 Å². The van der Waals surface area contributed by atoms with Crippen LogP contribution in [0.3, 0.4) is 0 Å². The number of hydrogen-bond acceptors (Lipinski definition) is 4. The second-order valence-electron chi connectivity index (χ2n) is 14.4. The molecule has 0 spiro atoms. The van der Waals surface area contributed by atoms with E-state index in [1.807, 2.05) is 18.3 Å². The third kappa shape index (κ3) is 4.53. The fourth-order valence-corrected chi connectivity index (χ4v) is 8.73. The zero-order valence-corrected chi connectivity index (χ0v) is 30.0. The van der Waals surface area contributed by atoms with Gasteiger partial charge in [-0.1, -0.05) is 164 Å². The Morgan fingerprint density at radius 3 is 1.38 bits per heavy atom. The van der Waals surface area contributed by atoms with E-state index in [1.165, 1.54) is 10.8 Å². The number of furan rings is 2. The minimum atomic E-state index is 0.787. The Labute approximate surface area is 320 Å². The summed E-state index contributed by atoms with van der Waals surface area (Å²) < 4.78 is 14.1. The van der Waals surface area contributed by atoms with Crippen LogP contribution in [0.15, 0.2) is 191 Å². The van der Waals surface area contributed by atoms with E-state index in [2.05, 4.69) is 164 Å². The molecule has 0 aliphatic carbocycles. The molecule has 3 aromatic heterocycles. The highest BCUT2D eigenvalue weighted by Crippen LogP contribution is 2.48. The van der Waals surface area contributed by atoms with Gasteiger partial charge in [0, 0.05) is 49.0 Å². The van der Waals surface area contributed by atoms with Crippen LogP contribution in [-0.2, 0) is 0 Å². The molecule has 0 amide bonds. The lowest BCUT2D eigenvalue weighted by Crippen LogP contribution is -1.92. The van der Waals surface area contributed by atoms with E-state index in [0.29, 0.717) is 0 Å². The lowest BCUT2D eigenvalue weighted by molar-refractivity contribution is 0.659. The van der Waals surface area contributed by atoms with Crippen molar-refractivity contribution in [2.24, 2.45) is 0 Å². The number of rotatable bonds is 4. The summed E-state index contributed by atoms with van der Waals surface area (Å²) in [5.74, 6) is 0. The molecule has 260 valence electrons. The summed E-state index contributed by atoms with van der Waals surface area (Å²) in [4.78, 5) is 10.4. The summed E-state index contributed by atoms with van der Waals surface area (Å²) in [6.07, 6.45) is 1.90. The molecule has 0 saturated carbocycles. The number of hydrogen-bond donors (Lipinski definition) is 0. The Kier molecular flexibility index (Phi) is 6.60. The molecule has 4 heteroatoms. The van der Waals surface area contributed by atoms with Crippen LogP contribution in [0, 0.1) is 0 Å². The molecule has 0 saturated heterocycles. The molecular formula is C52H30N2O2. The van der Waals surface area contributed by atoms with Crippen molar-refractivity contribution < 1.29 is 8.83 Å². The number of nitrogens with zero attached hydrogens (tertiary/aromatic N) is 2. The molecule has 12 aromatic rings. The Balaban J connectivity index is 1.14. The number of benzene rings is 9. The highest BCUT2D eigenvalue weighted by molar-refractivity contribution is 6.25. The maximum absolute atomic E-state index is 7.05. The van der Waals surface area contributed by atoms with Crippen LogP contribution < -0.4 is 0 Å². The van der Waals surface area contributed by atoms with Crippen molar-refractivity contribution >= 4 is 76.5 Å². The van der Waals surface area contributed by atoms with Gasteiger partial charge < -0.3 is 8.83 Å². The molecule has 0 N–H and O–H groups in total. The number of aromatic nitrogens is 2. The van der Waals surface area contributed by atoms with Gasteiger partial charge in [0.05, 0.1) is 28.5 Å². The molecule has 56 heavy (non-hydrogen) atoms. The van der Waals surface area contributed by atoms with Crippen molar-refractivity contribution in [3.8, 4) is 44.6 Å². The molecular weight excluding hydrogens is 685 g/mol. The Hall–Kier alpha value is -7.56. The van der Waals surface area contributed by atoms with Crippen molar-refractivity contribution in [3.05, 3.63) is 182 Å². The lowest BCUT2D eigenvalue weighted by atomic mass is 9.95. The SMILES string of the molecule is c1ccc(-c2cccc3c2oc2c(-c4cccc(-c5cnc6c7ccccc7c7ccccc7c6n5)c4)c4oc5c(-c6ccccc6)cccc5c4cc23)cc1. The van der Waals surface area contributed by atoms with Crippen LogP contribution in [0.4, 0.5) is 0 Å². The van der Waals surface area contributed by atoms with E-state index in [4.69, 9.17) is 18.8 Å². The van der Waals surface area contributed by atoms with Gasteiger partial charge in [0.25, 0.3) is 0 Å². The minimum Gasteiger partial charge on any atom is -0.455 e. The third-order valence-corrected chi connectivity index (χ3v) is 11.3. The Morgan fingerprint density at radius 1 is 0.321 bits per heavy atom.